The van der Waals surface area contributed by atoms with Crippen LogP contribution < -0.4 is 4.13 Å². The van der Waals surface area contributed by atoms with Gasteiger partial charge >= 0.3 is 94.8 Å². The Morgan fingerprint density at radius 3 is 1.38 bits per heavy atom. The van der Waals surface area contributed by atoms with E-state index in [1.54, 1.807) is 0 Å². The summed E-state index contributed by atoms with van der Waals surface area (Å²) in [6.07, 6.45) is 0. The van der Waals surface area contributed by atoms with E-state index in [1.165, 1.54) is 0 Å². The molecule has 0 aromatic heterocycles. The first-order chi connectivity index (χ1) is 4.96. The van der Waals surface area contributed by atoms with Gasteiger partial charge in [-0.3, -0.25) is 0 Å². The number of nitrogens with one attached hydrogen (secondary N) is 1. The van der Waals surface area contributed by atoms with Gasteiger partial charge < -0.3 is 0 Å². The van der Waals surface area contributed by atoms with Crippen LogP contribution in [0.2, 0.25) is 0 Å². The van der Waals surface area contributed by atoms with Gasteiger partial charge in [0.05, 0.1) is 0 Å². The summed E-state index contributed by atoms with van der Waals surface area (Å²) >= 11 is 0. The Morgan fingerprint density at radius 2 is 1.31 bits per heavy atom. The third kappa shape index (κ3) is 6.67. The number of rotatable bonds is 2. The summed E-state index contributed by atoms with van der Waals surface area (Å²) in [5.74, 6) is 0. The van der Waals surface area contributed by atoms with Crippen molar-refractivity contribution in [2.45, 2.75) is 5.51 Å². The van der Waals surface area contributed by atoms with Crippen LogP contribution in [0.25, 0.3) is 0 Å². The van der Waals surface area contributed by atoms with E-state index in [4.69, 9.17) is 0 Å². The van der Waals surface area contributed by atoms with Gasteiger partial charge in [0.2, 0.25) is 0 Å². The first kappa shape index (κ1) is 17.0. The molecule has 1 N–H and O–H groups in total. The molecule has 0 spiro atoms. The molecule has 13 heavy (non-hydrogen) atoms. The molecule has 0 radical (unpaired) electrons. The molecule has 0 amide bonds. The average molecular weight is 365 g/mol. The van der Waals surface area contributed by atoms with Gasteiger partial charge in [-0.2, -0.15) is 21.6 Å². The van der Waals surface area contributed by atoms with Crippen LogP contribution in [0.15, 0.2) is 0 Å². The molecule has 0 fully saturated rings. The topological polar surface area (TPSA) is 80.3 Å². The first-order valence-electron chi connectivity index (χ1n) is 2.00. The third-order valence-electron chi connectivity index (χ3n) is 0.514. The SMILES string of the molecule is O=S(=O)(F)NS(=O)(=O)C(F)(F)F.[CsH]. The Morgan fingerprint density at radius 1 is 1.00 bits per heavy atom. The third-order valence-corrected chi connectivity index (χ3v) is 2.80. The van der Waals surface area contributed by atoms with Gasteiger partial charge in [0.25, 0.3) is 0 Å². The molecule has 0 bridgehead atoms. The zero-order chi connectivity index (χ0) is 10.2. The van der Waals surface area contributed by atoms with Crippen molar-refractivity contribution >= 4 is 89.3 Å². The quantitative estimate of drug-likeness (QED) is 0.503. The van der Waals surface area contributed by atoms with Crippen LogP contribution in [0, 0.1) is 0 Å². The number of hydrogen-bond donors (Lipinski definition) is 1. The van der Waals surface area contributed by atoms with Crippen LogP contribution in [-0.2, 0) is 20.4 Å². The molecule has 0 heterocycles. The van der Waals surface area contributed by atoms with Crippen LogP contribution in [0.1, 0.15) is 0 Å². The molecule has 0 rings (SSSR count). The molecule has 76 valence electrons. The molecule has 0 saturated carbocycles. The van der Waals surface area contributed by atoms with Gasteiger partial charge in [0.15, 0.2) is 0 Å². The van der Waals surface area contributed by atoms with Crippen LogP contribution in [-0.4, -0.2) is 91.2 Å². The normalized spacial score (nSPS) is 13.5. The number of alkyl halides is 3. The molecule has 0 aromatic carbocycles. The average Bonchev–Trinajstić information content (AvgIpc) is 1.52. The molecular weight excluding hydrogens is 363 g/mol. The molecule has 0 aromatic rings. The summed E-state index contributed by atoms with van der Waals surface area (Å²) in [6, 6.07) is 0. The number of hydrogen-bond acceptors (Lipinski definition) is 4. The van der Waals surface area contributed by atoms with E-state index >= 15 is 0 Å². The monoisotopic (exact) mass is 365 g/mol. The van der Waals surface area contributed by atoms with E-state index in [9.17, 15) is 33.9 Å². The van der Waals surface area contributed by atoms with Crippen molar-refractivity contribution in [3.63, 3.8) is 0 Å². The second-order valence-corrected chi connectivity index (χ2v) is 4.48. The van der Waals surface area contributed by atoms with E-state index in [-0.39, 0.29) is 73.0 Å². The Bertz CT molecular complexity index is 354. The maximum atomic E-state index is 11.4. The Kier molecular flexibility index (Phi) is 6.70. The van der Waals surface area contributed by atoms with E-state index in [1.807, 2.05) is 0 Å². The summed E-state index contributed by atoms with van der Waals surface area (Å²) in [6.45, 7) is 0. The summed E-state index contributed by atoms with van der Waals surface area (Å²) in [4.78, 5) is 0. The Balaban J connectivity index is 0. The van der Waals surface area contributed by atoms with Crippen molar-refractivity contribution < 1.29 is 33.9 Å². The van der Waals surface area contributed by atoms with E-state index < -0.39 is 25.9 Å². The minimum absolute atomic E-state index is 0. The molecule has 0 atom stereocenters. The van der Waals surface area contributed by atoms with Gasteiger partial charge in [-0.05, 0) is 0 Å². The van der Waals surface area contributed by atoms with Crippen LogP contribution in [0.4, 0.5) is 17.1 Å². The summed E-state index contributed by atoms with van der Waals surface area (Å²) < 4.78 is 83.5. The van der Waals surface area contributed by atoms with Gasteiger partial charge in [0, 0.05) is 0 Å². The van der Waals surface area contributed by atoms with E-state index in [0.29, 0.717) is 0 Å². The van der Waals surface area contributed by atoms with Crippen LogP contribution >= 0.6 is 0 Å². The molecule has 0 saturated heterocycles. The van der Waals surface area contributed by atoms with Crippen LogP contribution in [0.3, 0.4) is 0 Å². The van der Waals surface area contributed by atoms with E-state index in [0.717, 1.165) is 0 Å². The van der Waals surface area contributed by atoms with Gasteiger partial charge in [-0.15, -0.1) is 0 Å². The molecular formula is CH2CsF4NO4S2. The summed E-state index contributed by atoms with van der Waals surface area (Å²) in [7, 11) is -12.1. The van der Waals surface area contributed by atoms with Crippen molar-refractivity contribution in [3.8, 4) is 0 Å². The van der Waals surface area contributed by atoms with Gasteiger partial charge in [0.1, 0.15) is 0 Å². The molecule has 0 unspecified atom stereocenters. The van der Waals surface area contributed by atoms with Crippen molar-refractivity contribution in [2.75, 3.05) is 0 Å². The first-order valence-corrected chi connectivity index (χ1v) is 4.87. The molecule has 0 aliphatic rings. The van der Waals surface area contributed by atoms with Crippen molar-refractivity contribution in [2.24, 2.45) is 0 Å². The molecule has 0 aliphatic carbocycles. The summed E-state index contributed by atoms with van der Waals surface area (Å²) in [5, 5.41) is 0. The Labute approximate surface area is 130 Å². The fourth-order valence-electron chi connectivity index (χ4n) is 0.178. The Hall–Kier alpha value is 1.63. The zero-order valence-electron chi connectivity index (χ0n) is 4.96. The van der Waals surface area contributed by atoms with Gasteiger partial charge in [-0.25, -0.2) is 8.42 Å². The second kappa shape index (κ2) is 5.11. The molecule has 5 nitrogen and oxygen atoms in total. The van der Waals surface area contributed by atoms with E-state index in [2.05, 4.69) is 0 Å². The maximum absolute atomic E-state index is 11.4. The zero-order valence-corrected chi connectivity index (χ0v) is 6.59. The summed E-state index contributed by atoms with van der Waals surface area (Å²) in [5.41, 5.74) is -5.86. The fourth-order valence-corrected chi connectivity index (χ4v) is 1.60. The van der Waals surface area contributed by atoms with Gasteiger partial charge in [-0.1, -0.05) is 8.01 Å². The predicted molar refractivity (Wildman–Crippen MR) is 35.3 cm³/mol. The van der Waals surface area contributed by atoms with Crippen molar-refractivity contribution in [1.82, 2.24) is 4.13 Å². The predicted octanol–water partition coefficient (Wildman–Crippen LogP) is -1.01. The second-order valence-electron chi connectivity index (χ2n) is 1.47. The molecule has 0 aliphatic heterocycles. The van der Waals surface area contributed by atoms with Crippen molar-refractivity contribution in [3.05, 3.63) is 0 Å². The standard InChI is InChI=1S/CHF4NO4S2.Cs.H/c2-1(3,4)11(7,8)6-12(5,9)10;;/h6H;;. The number of sulfonamides is 1. The molecule has 12 heteroatoms. The number of halogens is 4. The van der Waals surface area contributed by atoms with Crippen molar-refractivity contribution in [1.29, 1.82) is 0 Å². The fraction of sp³-hybridized carbons (Fsp3) is 1.00. The minimum atomic E-state index is -6.17. The van der Waals surface area contributed by atoms with Crippen LogP contribution in [0.5, 0.6) is 0 Å².